The number of hydrogen-bond acceptors (Lipinski definition) is 9. The summed E-state index contributed by atoms with van der Waals surface area (Å²) < 4.78 is 15.9. The average Bonchev–Trinajstić information content (AvgIpc) is 4.12. The van der Waals surface area contributed by atoms with E-state index in [1.54, 1.807) is 0 Å². The Morgan fingerprint density at radius 1 is 0.639 bits per heavy atom. The van der Waals surface area contributed by atoms with E-state index >= 15 is 0 Å². The second-order valence-electron chi connectivity index (χ2n) is 17.4. The maximum atomic E-state index is 13.9. The summed E-state index contributed by atoms with van der Waals surface area (Å²) >= 11 is 0. The quantitative estimate of drug-likeness (QED) is 0.205. The standard InChI is InChI=1S/C48H56N6O7/c1-27(2)53(51-47(57)59-5)45(55)38-10-8-7-9-37(38)39-23-36(26-49-39)34-18-17-32-21-31(15-16-33(32)22-34)29-11-13-30(14-12-29)35-24-40(50-25-35)43-41-19-20-42(61-41)44(43)46(56)54(28(3)4)52-48(58)60-6/h11-18,21-22,25-28,37-38,41-44H,7-10,19-20,23-24H2,1-6H3,(H,51,57)(H,52,58)/t37?,38-,41?,42?,43-,44?/m1/s1. The Balaban J connectivity index is 0.906. The summed E-state index contributed by atoms with van der Waals surface area (Å²) in [5.74, 6) is -1.08. The van der Waals surface area contributed by atoms with Gasteiger partial charge in [-0.15, -0.1) is 0 Å². The highest BCUT2D eigenvalue weighted by Crippen LogP contribution is 2.47. The van der Waals surface area contributed by atoms with Gasteiger partial charge in [0.15, 0.2) is 0 Å². The smallest absolute Gasteiger partial charge is 0.425 e. The van der Waals surface area contributed by atoms with Gasteiger partial charge in [0.05, 0.1) is 32.3 Å². The van der Waals surface area contributed by atoms with E-state index in [9.17, 15) is 19.2 Å². The van der Waals surface area contributed by atoms with Gasteiger partial charge in [0, 0.05) is 66.5 Å². The van der Waals surface area contributed by atoms with Crippen LogP contribution in [0.15, 0.2) is 83.0 Å². The van der Waals surface area contributed by atoms with Crippen molar-refractivity contribution in [2.75, 3.05) is 14.2 Å². The molecule has 13 nitrogen and oxygen atoms in total. The number of methoxy groups -OCH3 is 2. The first-order valence-electron chi connectivity index (χ1n) is 21.6. The van der Waals surface area contributed by atoms with E-state index in [4.69, 9.17) is 24.2 Å². The first-order valence-corrected chi connectivity index (χ1v) is 21.6. The van der Waals surface area contributed by atoms with E-state index in [0.717, 1.165) is 94.1 Å². The van der Waals surface area contributed by atoms with Crippen LogP contribution in [0, 0.1) is 23.7 Å². The molecule has 1 saturated carbocycles. The van der Waals surface area contributed by atoms with Crippen LogP contribution in [0.3, 0.4) is 0 Å². The number of nitrogens with zero attached hydrogens (tertiary/aromatic N) is 4. The fourth-order valence-corrected chi connectivity index (χ4v) is 9.92. The largest absolute Gasteiger partial charge is 0.452 e. The molecule has 320 valence electrons. The summed E-state index contributed by atoms with van der Waals surface area (Å²) in [5, 5.41) is 5.06. The molecule has 1 aliphatic carbocycles. The molecule has 0 aromatic heterocycles. The first kappa shape index (κ1) is 41.9. The van der Waals surface area contributed by atoms with Gasteiger partial charge < -0.3 is 14.2 Å². The van der Waals surface area contributed by atoms with Gasteiger partial charge in [-0.2, -0.15) is 0 Å². The number of allylic oxidation sites excluding steroid dienone is 2. The maximum absolute atomic E-state index is 13.9. The highest BCUT2D eigenvalue weighted by molar-refractivity contribution is 6.04. The van der Waals surface area contributed by atoms with E-state index in [2.05, 4.69) is 71.5 Å². The van der Waals surface area contributed by atoms with Crippen LogP contribution in [-0.2, 0) is 23.8 Å². The zero-order chi connectivity index (χ0) is 42.9. The van der Waals surface area contributed by atoms with Crippen LogP contribution in [0.5, 0.6) is 0 Å². The lowest BCUT2D eigenvalue weighted by molar-refractivity contribution is -0.143. The number of ether oxygens (including phenoxy) is 3. The number of carbonyl (C=O) groups is 4. The van der Waals surface area contributed by atoms with Crippen LogP contribution in [0.4, 0.5) is 9.59 Å². The zero-order valence-electron chi connectivity index (χ0n) is 35.9. The number of fused-ring (bicyclic) bond motifs is 3. The molecule has 2 N–H and O–H groups in total. The van der Waals surface area contributed by atoms with Gasteiger partial charge in [-0.3, -0.25) is 19.6 Å². The summed E-state index contributed by atoms with van der Waals surface area (Å²) in [4.78, 5) is 61.6. The van der Waals surface area contributed by atoms with Crippen molar-refractivity contribution in [1.82, 2.24) is 20.9 Å². The molecule has 5 aliphatic rings. The molecule has 2 saturated heterocycles. The fraction of sp³-hybridized carbons (Fsp3) is 0.458. The number of rotatable bonds is 9. The monoisotopic (exact) mass is 828 g/mol. The van der Waals surface area contributed by atoms with E-state index in [0.29, 0.717) is 12.8 Å². The van der Waals surface area contributed by atoms with Crippen LogP contribution in [0.1, 0.15) is 90.2 Å². The van der Waals surface area contributed by atoms with Gasteiger partial charge in [0.2, 0.25) is 11.8 Å². The van der Waals surface area contributed by atoms with E-state index in [1.807, 2.05) is 40.1 Å². The Morgan fingerprint density at radius 2 is 1.16 bits per heavy atom. The summed E-state index contributed by atoms with van der Waals surface area (Å²) in [5.41, 5.74) is 13.9. The minimum absolute atomic E-state index is 0.0175. The Hall–Kier alpha value is -5.82. The van der Waals surface area contributed by atoms with Crippen molar-refractivity contribution >= 4 is 57.3 Å². The van der Waals surface area contributed by atoms with Crippen molar-refractivity contribution in [3.63, 3.8) is 0 Å². The van der Waals surface area contributed by atoms with Gasteiger partial charge in [-0.25, -0.2) is 30.5 Å². The SMILES string of the molecule is COC(=O)NN(C(=O)C1C2CCC(O2)[C@H]1C1=NC=C(c2ccc(-c3ccc4cc(C5=CN=C(C6CCCC[C@H]6C(=O)N(NC(=O)OC)C(C)C)C5)ccc4c3)cc2)C1)C(C)C. The second kappa shape index (κ2) is 17.6. The van der Waals surface area contributed by atoms with Crippen LogP contribution < -0.4 is 10.9 Å². The Kier molecular flexibility index (Phi) is 12.1. The molecule has 61 heavy (non-hydrogen) atoms. The highest BCUT2D eigenvalue weighted by atomic mass is 16.5. The predicted molar refractivity (Wildman–Crippen MR) is 235 cm³/mol. The number of benzene rings is 3. The molecule has 3 fully saturated rings. The molecule has 0 radical (unpaired) electrons. The minimum atomic E-state index is -0.679. The number of carbonyl (C=O) groups excluding carboxylic acids is 4. The lowest BCUT2D eigenvalue weighted by atomic mass is 9.74. The van der Waals surface area contributed by atoms with E-state index < -0.39 is 18.1 Å². The van der Waals surface area contributed by atoms with Gasteiger partial charge in [-0.05, 0) is 110 Å². The fourth-order valence-electron chi connectivity index (χ4n) is 9.92. The molecule has 4 aliphatic heterocycles. The van der Waals surface area contributed by atoms with Gasteiger partial charge >= 0.3 is 12.2 Å². The second-order valence-corrected chi connectivity index (χ2v) is 17.4. The van der Waals surface area contributed by atoms with Crippen LogP contribution in [0.25, 0.3) is 33.0 Å². The molecule has 3 aromatic rings. The van der Waals surface area contributed by atoms with Crippen molar-refractivity contribution in [2.24, 2.45) is 33.7 Å². The maximum Gasteiger partial charge on any atom is 0.425 e. The molecule has 4 amide bonds. The van der Waals surface area contributed by atoms with Crippen LogP contribution in [0.2, 0.25) is 0 Å². The molecule has 6 atom stereocenters. The molecule has 2 bridgehead atoms. The lowest BCUT2D eigenvalue weighted by Gasteiger charge is -2.36. The topological polar surface area (TPSA) is 151 Å². The Morgan fingerprint density at radius 3 is 1.82 bits per heavy atom. The minimum Gasteiger partial charge on any atom is -0.452 e. The predicted octanol–water partition coefficient (Wildman–Crippen LogP) is 8.49. The molecular weight excluding hydrogens is 773 g/mol. The molecule has 3 aromatic carbocycles. The third-order valence-electron chi connectivity index (χ3n) is 13.1. The van der Waals surface area contributed by atoms with Crippen molar-refractivity contribution < 1.29 is 33.4 Å². The van der Waals surface area contributed by atoms with Gasteiger partial charge in [0.1, 0.15) is 0 Å². The average molecular weight is 829 g/mol. The third-order valence-corrected chi connectivity index (χ3v) is 13.1. The highest BCUT2D eigenvalue weighted by Gasteiger charge is 2.55. The van der Waals surface area contributed by atoms with E-state index in [1.165, 1.54) is 24.2 Å². The normalized spacial score (nSPS) is 24.3. The molecule has 4 unspecified atom stereocenters. The van der Waals surface area contributed by atoms with Crippen LogP contribution in [-0.4, -0.2) is 84.0 Å². The number of nitrogens with one attached hydrogen (secondary N) is 2. The zero-order valence-corrected chi connectivity index (χ0v) is 35.9. The molecule has 13 heteroatoms. The molecule has 8 rings (SSSR count). The van der Waals surface area contributed by atoms with Gasteiger partial charge in [-0.1, -0.05) is 61.4 Å². The third kappa shape index (κ3) is 8.44. The van der Waals surface area contributed by atoms with Crippen molar-refractivity contribution in [3.05, 3.63) is 84.2 Å². The Labute approximate surface area is 357 Å². The van der Waals surface area contributed by atoms with Crippen molar-refractivity contribution in [3.8, 4) is 11.1 Å². The molecular formula is C48H56N6O7. The van der Waals surface area contributed by atoms with E-state index in [-0.39, 0.29) is 53.9 Å². The number of amides is 4. The number of hydrazine groups is 2. The molecule has 4 heterocycles. The molecule has 0 spiro atoms. The van der Waals surface area contributed by atoms with Crippen LogP contribution >= 0.6 is 0 Å². The number of hydrogen-bond donors (Lipinski definition) is 2. The van der Waals surface area contributed by atoms with Crippen molar-refractivity contribution in [2.45, 2.75) is 103 Å². The summed E-state index contributed by atoms with van der Waals surface area (Å²) in [6.45, 7) is 7.48. The first-order chi connectivity index (χ1) is 29.4. The lowest BCUT2D eigenvalue weighted by Crippen LogP contribution is -2.55. The summed E-state index contributed by atoms with van der Waals surface area (Å²) in [6.07, 6.45) is 8.96. The summed E-state index contributed by atoms with van der Waals surface area (Å²) in [7, 11) is 2.58. The van der Waals surface area contributed by atoms with Crippen molar-refractivity contribution in [1.29, 1.82) is 0 Å². The van der Waals surface area contributed by atoms with Gasteiger partial charge in [0.25, 0.3) is 0 Å². The summed E-state index contributed by atoms with van der Waals surface area (Å²) in [6, 6.07) is 21.2. The Bertz CT molecular complexity index is 2330. The number of aliphatic imine (C=N–C) groups is 2.